The Bertz CT molecular complexity index is 715. The first kappa shape index (κ1) is 16.0. The third-order valence-corrected chi connectivity index (χ3v) is 7.70. The molecule has 4 rings (SSSR count). The van der Waals surface area contributed by atoms with Crippen molar-refractivity contribution in [1.29, 1.82) is 5.26 Å². The van der Waals surface area contributed by atoms with Gasteiger partial charge in [0.1, 0.15) is 11.4 Å². The van der Waals surface area contributed by atoms with E-state index in [0.717, 1.165) is 30.1 Å². The first-order valence-electron chi connectivity index (χ1n) is 9.51. The van der Waals surface area contributed by atoms with E-state index in [1.807, 2.05) is 12.1 Å². The van der Waals surface area contributed by atoms with Crippen molar-refractivity contribution < 1.29 is 4.74 Å². The minimum Gasteiger partial charge on any atom is -0.487 e. The van der Waals surface area contributed by atoms with Gasteiger partial charge in [-0.25, -0.2) is 0 Å². The van der Waals surface area contributed by atoms with Gasteiger partial charge < -0.3 is 4.74 Å². The Labute approximate surface area is 146 Å². The molecule has 128 valence electrons. The highest BCUT2D eigenvalue weighted by Gasteiger charge is 2.60. The molecule has 2 saturated carbocycles. The number of ether oxygens (including phenoxy) is 1. The quantitative estimate of drug-likeness (QED) is 0.632. The second-order valence-corrected chi connectivity index (χ2v) is 9.54. The zero-order chi connectivity index (χ0) is 17.2. The van der Waals surface area contributed by atoms with E-state index < -0.39 is 0 Å². The minimum absolute atomic E-state index is 0.0557. The van der Waals surface area contributed by atoms with Gasteiger partial charge in [0.25, 0.3) is 0 Å². The molecule has 4 atom stereocenters. The molecular weight excluding hydrogens is 294 g/mol. The van der Waals surface area contributed by atoms with E-state index in [1.54, 1.807) is 0 Å². The molecule has 2 fully saturated rings. The van der Waals surface area contributed by atoms with E-state index in [4.69, 9.17) is 4.74 Å². The lowest BCUT2D eigenvalue weighted by molar-refractivity contribution is -0.162. The van der Waals surface area contributed by atoms with Crippen LogP contribution >= 0.6 is 0 Å². The fourth-order valence-corrected chi connectivity index (χ4v) is 6.56. The largest absolute Gasteiger partial charge is 0.487 e. The maximum atomic E-state index is 9.24. The van der Waals surface area contributed by atoms with Crippen molar-refractivity contribution in [1.82, 2.24) is 0 Å². The van der Waals surface area contributed by atoms with Gasteiger partial charge in [0.2, 0.25) is 0 Å². The number of nitriles is 1. The Hall–Kier alpha value is -1.49. The summed E-state index contributed by atoms with van der Waals surface area (Å²) in [4.78, 5) is 0. The Morgan fingerprint density at radius 3 is 2.62 bits per heavy atom. The average molecular weight is 323 g/mol. The van der Waals surface area contributed by atoms with Crippen LogP contribution in [0.2, 0.25) is 0 Å². The van der Waals surface area contributed by atoms with Crippen LogP contribution in [0.4, 0.5) is 0 Å². The molecule has 2 aliphatic carbocycles. The van der Waals surface area contributed by atoms with Crippen molar-refractivity contribution in [3.8, 4) is 11.8 Å². The second kappa shape index (κ2) is 5.01. The van der Waals surface area contributed by atoms with Crippen molar-refractivity contribution in [3.05, 3.63) is 29.3 Å². The molecule has 1 aromatic rings. The van der Waals surface area contributed by atoms with Crippen LogP contribution in [0.15, 0.2) is 18.2 Å². The van der Waals surface area contributed by atoms with Crippen molar-refractivity contribution in [2.24, 2.45) is 22.7 Å². The van der Waals surface area contributed by atoms with E-state index in [2.05, 4.69) is 39.8 Å². The molecule has 0 radical (unpaired) electrons. The molecule has 1 aromatic carbocycles. The predicted octanol–water partition coefficient (Wildman–Crippen LogP) is 5.49. The van der Waals surface area contributed by atoms with Gasteiger partial charge >= 0.3 is 0 Å². The van der Waals surface area contributed by atoms with Crippen LogP contribution in [0.25, 0.3) is 0 Å². The van der Waals surface area contributed by atoms with Gasteiger partial charge in [0.15, 0.2) is 0 Å². The number of nitrogens with zero attached hydrogens (tertiary/aromatic N) is 1. The van der Waals surface area contributed by atoms with Crippen LogP contribution in [0.5, 0.6) is 5.75 Å². The molecule has 0 unspecified atom stereocenters. The molecule has 0 N–H and O–H groups in total. The highest BCUT2D eigenvalue weighted by Crippen LogP contribution is 2.64. The van der Waals surface area contributed by atoms with Crippen molar-refractivity contribution in [3.63, 3.8) is 0 Å². The van der Waals surface area contributed by atoms with E-state index in [9.17, 15) is 5.26 Å². The summed E-state index contributed by atoms with van der Waals surface area (Å²) < 4.78 is 6.60. The summed E-state index contributed by atoms with van der Waals surface area (Å²) in [6, 6.07) is 8.23. The smallest absolute Gasteiger partial charge is 0.123 e. The first-order valence-corrected chi connectivity index (χ1v) is 9.51. The minimum atomic E-state index is -0.0557. The van der Waals surface area contributed by atoms with Crippen LogP contribution in [0.1, 0.15) is 70.9 Å². The zero-order valence-electron chi connectivity index (χ0n) is 15.5. The molecule has 0 spiro atoms. The second-order valence-electron chi connectivity index (χ2n) is 9.54. The van der Waals surface area contributed by atoms with Crippen LogP contribution < -0.4 is 4.74 Å². The molecular formula is C22H29NO. The van der Waals surface area contributed by atoms with Gasteiger partial charge in [-0.15, -0.1) is 0 Å². The average Bonchev–Trinajstić information content (AvgIpc) is 2.52. The van der Waals surface area contributed by atoms with E-state index in [0.29, 0.717) is 16.7 Å². The van der Waals surface area contributed by atoms with Gasteiger partial charge in [-0.3, -0.25) is 0 Å². The predicted molar refractivity (Wildman–Crippen MR) is 95.8 cm³/mol. The molecule has 1 heterocycles. The Balaban J connectivity index is 1.77. The Kier molecular flexibility index (Phi) is 3.34. The van der Waals surface area contributed by atoms with Crippen molar-refractivity contribution in [2.45, 2.75) is 71.8 Å². The number of hydrogen-bond acceptors (Lipinski definition) is 2. The van der Waals surface area contributed by atoms with Crippen LogP contribution in [-0.4, -0.2) is 5.60 Å². The standard InChI is InChI=1S/C22H29NO/c1-20(2)9-5-10-21(3)18(20)8-11-22(4)19(21)13-16-12-15(14-23)6-7-17(16)24-22/h6-7,12,18-19H,5,8-11,13H2,1-4H3/t18-,19+,21-,22+/m0/s1. The first-order chi connectivity index (χ1) is 11.3. The summed E-state index contributed by atoms with van der Waals surface area (Å²) in [6.07, 6.45) is 7.50. The maximum absolute atomic E-state index is 9.24. The van der Waals surface area contributed by atoms with Gasteiger partial charge in [-0.05, 0) is 79.5 Å². The van der Waals surface area contributed by atoms with E-state index in [-0.39, 0.29) is 5.60 Å². The maximum Gasteiger partial charge on any atom is 0.123 e. The lowest BCUT2D eigenvalue weighted by atomic mass is 9.44. The lowest BCUT2D eigenvalue weighted by Gasteiger charge is -2.63. The molecule has 2 heteroatoms. The molecule has 24 heavy (non-hydrogen) atoms. The molecule has 2 nitrogen and oxygen atoms in total. The zero-order valence-corrected chi connectivity index (χ0v) is 15.5. The number of hydrogen-bond donors (Lipinski definition) is 0. The number of rotatable bonds is 0. The molecule has 1 aliphatic heterocycles. The summed E-state index contributed by atoms with van der Waals surface area (Å²) >= 11 is 0. The summed E-state index contributed by atoms with van der Waals surface area (Å²) in [5.41, 5.74) is 2.71. The summed E-state index contributed by atoms with van der Waals surface area (Å²) in [5.74, 6) is 2.33. The van der Waals surface area contributed by atoms with E-state index in [1.165, 1.54) is 31.2 Å². The highest BCUT2D eigenvalue weighted by molar-refractivity contribution is 5.44. The monoisotopic (exact) mass is 323 g/mol. The Morgan fingerprint density at radius 1 is 1.08 bits per heavy atom. The van der Waals surface area contributed by atoms with Gasteiger partial charge in [0, 0.05) is 5.92 Å². The van der Waals surface area contributed by atoms with Crippen LogP contribution in [0.3, 0.4) is 0 Å². The topological polar surface area (TPSA) is 33.0 Å². The van der Waals surface area contributed by atoms with Gasteiger partial charge in [-0.2, -0.15) is 5.26 Å². The lowest BCUT2D eigenvalue weighted by Crippen LogP contribution is -2.61. The van der Waals surface area contributed by atoms with Crippen LogP contribution in [-0.2, 0) is 6.42 Å². The number of benzene rings is 1. The fraction of sp³-hybridized carbons (Fsp3) is 0.682. The summed E-state index contributed by atoms with van der Waals surface area (Å²) in [5, 5.41) is 9.24. The van der Waals surface area contributed by atoms with E-state index >= 15 is 0 Å². The Morgan fingerprint density at radius 2 is 1.88 bits per heavy atom. The SMILES string of the molecule is CC1(C)CCC[C@]2(C)[C@H]3Cc4cc(C#N)ccc4O[C@]3(C)CC[C@@H]12. The fourth-order valence-electron chi connectivity index (χ4n) is 6.56. The molecule has 0 bridgehead atoms. The third-order valence-electron chi connectivity index (χ3n) is 7.70. The van der Waals surface area contributed by atoms with Gasteiger partial charge in [0.05, 0.1) is 11.6 Å². The van der Waals surface area contributed by atoms with Gasteiger partial charge in [-0.1, -0.05) is 27.2 Å². The summed E-state index contributed by atoms with van der Waals surface area (Å²) in [7, 11) is 0. The molecule has 0 aromatic heterocycles. The molecule has 0 saturated heterocycles. The summed E-state index contributed by atoms with van der Waals surface area (Å²) in [6.45, 7) is 9.82. The number of fused-ring (bicyclic) bond motifs is 4. The highest BCUT2D eigenvalue weighted by atomic mass is 16.5. The normalized spacial score (nSPS) is 39.6. The molecule has 0 amide bonds. The van der Waals surface area contributed by atoms with Crippen molar-refractivity contribution >= 4 is 0 Å². The molecule has 3 aliphatic rings. The van der Waals surface area contributed by atoms with Crippen LogP contribution in [0, 0.1) is 34.0 Å². The third kappa shape index (κ3) is 2.13. The van der Waals surface area contributed by atoms with Crippen molar-refractivity contribution in [2.75, 3.05) is 0 Å².